The van der Waals surface area contributed by atoms with Gasteiger partial charge in [-0.1, -0.05) is 30.3 Å². The summed E-state index contributed by atoms with van der Waals surface area (Å²) in [6.07, 6.45) is 0.733. The topological polar surface area (TPSA) is 66.8 Å². The third-order valence-corrected chi connectivity index (χ3v) is 2.66. The van der Waals surface area contributed by atoms with Gasteiger partial charge in [-0.05, 0) is 29.3 Å². The Morgan fingerprint density at radius 2 is 1.71 bits per heavy atom. The molecule has 0 aliphatic rings. The van der Waals surface area contributed by atoms with E-state index in [1.807, 2.05) is 42.5 Å². The van der Waals surface area contributed by atoms with E-state index in [4.69, 9.17) is 14.6 Å². The van der Waals surface area contributed by atoms with Crippen molar-refractivity contribution < 1.29 is 24.1 Å². The number of carboxylic acids is 1. The first kappa shape index (κ1) is 16.5. The molecule has 2 aromatic carbocycles. The highest BCUT2D eigenvalue weighted by Gasteiger charge is 2.01. The monoisotopic (exact) mass is 292 g/mol. The number of halogens is 1. The minimum atomic E-state index is -1.41. The van der Waals surface area contributed by atoms with Gasteiger partial charge in [0.25, 0.3) is 0 Å². The quantitative estimate of drug-likeness (QED) is 0.909. The number of benzene rings is 2. The highest BCUT2D eigenvalue weighted by Crippen LogP contribution is 2.20. The summed E-state index contributed by atoms with van der Waals surface area (Å²) in [6, 6.07) is 15.3. The van der Waals surface area contributed by atoms with Crippen LogP contribution in [0.1, 0.15) is 11.1 Å². The summed E-state index contributed by atoms with van der Waals surface area (Å²) in [4.78, 5) is 8.99. The Kier molecular flexibility index (Phi) is 6.74. The van der Waals surface area contributed by atoms with Crippen molar-refractivity contribution >= 4 is 5.97 Å². The maximum atomic E-state index is 10.5. The Morgan fingerprint density at radius 1 is 1.14 bits per heavy atom. The molecule has 0 spiro atoms. The van der Waals surface area contributed by atoms with E-state index in [0.717, 1.165) is 23.3 Å². The largest absolute Gasteiger partial charge is 0.508 e. The van der Waals surface area contributed by atoms with E-state index in [1.54, 1.807) is 13.2 Å². The van der Waals surface area contributed by atoms with E-state index in [1.165, 1.54) is 0 Å². The fourth-order valence-corrected chi connectivity index (χ4v) is 1.62. The van der Waals surface area contributed by atoms with Gasteiger partial charge in [0.2, 0.25) is 0 Å². The van der Waals surface area contributed by atoms with Crippen molar-refractivity contribution in [3.63, 3.8) is 0 Å². The van der Waals surface area contributed by atoms with E-state index < -0.39 is 12.6 Å². The first-order valence-corrected chi connectivity index (χ1v) is 6.24. The number of hydrogen-bond acceptors (Lipinski definition) is 3. The minimum absolute atomic E-state index is 0.346. The van der Waals surface area contributed by atoms with Crippen molar-refractivity contribution in [3.8, 4) is 11.5 Å². The van der Waals surface area contributed by atoms with Crippen molar-refractivity contribution in [2.24, 2.45) is 0 Å². The molecule has 2 N–H and O–H groups in total. The van der Waals surface area contributed by atoms with Gasteiger partial charge in [0.15, 0.2) is 6.67 Å². The molecule has 0 aliphatic heterocycles. The van der Waals surface area contributed by atoms with Gasteiger partial charge in [-0.15, -0.1) is 0 Å². The molecule has 0 saturated heterocycles. The molecular formula is C16H17FO4. The van der Waals surface area contributed by atoms with E-state index in [0.29, 0.717) is 5.75 Å². The van der Waals surface area contributed by atoms with Gasteiger partial charge < -0.3 is 14.9 Å². The number of ether oxygens (including phenoxy) is 1. The predicted molar refractivity (Wildman–Crippen MR) is 77.5 cm³/mol. The van der Waals surface area contributed by atoms with Gasteiger partial charge in [0.1, 0.15) is 11.5 Å². The number of para-hydroxylation sites is 1. The first-order chi connectivity index (χ1) is 10.1. The lowest BCUT2D eigenvalue weighted by Crippen LogP contribution is -1.93. The molecule has 4 nitrogen and oxygen atoms in total. The molecule has 2 rings (SSSR count). The van der Waals surface area contributed by atoms with Crippen LogP contribution in [0.4, 0.5) is 4.39 Å². The molecule has 0 heterocycles. The summed E-state index contributed by atoms with van der Waals surface area (Å²) in [7, 11) is 1.65. The number of carbonyl (C=O) groups is 1. The summed E-state index contributed by atoms with van der Waals surface area (Å²) < 4.78 is 15.6. The fraction of sp³-hybridized carbons (Fsp3) is 0.188. The van der Waals surface area contributed by atoms with Crippen LogP contribution in [-0.4, -0.2) is 30.0 Å². The second-order valence-electron chi connectivity index (χ2n) is 4.18. The number of rotatable bonds is 4. The van der Waals surface area contributed by atoms with Crippen LogP contribution in [0.15, 0.2) is 48.5 Å². The van der Waals surface area contributed by atoms with Gasteiger partial charge in [0.05, 0.1) is 7.11 Å². The van der Waals surface area contributed by atoms with E-state index >= 15 is 0 Å². The number of aromatic hydroxyl groups is 1. The molecule has 0 bridgehead atoms. The van der Waals surface area contributed by atoms with Crippen LogP contribution in [0.25, 0.3) is 0 Å². The Hall–Kier alpha value is -2.56. The molecule has 112 valence electrons. The maximum absolute atomic E-state index is 10.5. The van der Waals surface area contributed by atoms with Crippen LogP contribution in [0, 0.1) is 0 Å². The molecule has 0 unspecified atom stereocenters. The molecule has 0 fully saturated rings. The van der Waals surface area contributed by atoms with Crippen molar-refractivity contribution in [2.45, 2.75) is 6.42 Å². The standard InChI is InChI=1S/C14H14O2.C2H3FO2/c1-16-13-8-6-11(7-9-13)10-12-4-2-3-5-14(12)15;3-1-2(4)5/h2-9,15H,10H2,1H3;1H2,(H,4,5). The molecule has 0 aromatic heterocycles. The zero-order chi connectivity index (χ0) is 15.7. The molecule has 0 aliphatic carbocycles. The lowest BCUT2D eigenvalue weighted by atomic mass is 10.0. The van der Waals surface area contributed by atoms with Crippen LogP contribution in [0.3, 0.4) is 0 Å². The summed E-state index contributed by atoms with van der Waals surface area (Å²) in [5.41, 5.74) is 2.09. The fourth-order valence-electron chi connectivity index (χ4n) is 1.62. The number of carboxylic acid groups (broad SMARTS) is 1. The minimum Gasteiger partial charge on any atom is -0.508 e. The van der Waals surface area contributed by atoms with Crippen molar-refractivity contribution in [1.29, 1.82) is 0 Å². The second-order valence-corrected chi connectivity index (χ2v) is 4.18. The predicted octanol–water partition coefficient (Wildman–Crippen LogP) is 3.03. The molecule has 5 heteroatoms. The molecule has 0 amide bonds. The molecule has 0 atom stereocenters. The van der Waals surface area contributed by atoms with Gasteiger partial charge in [-0.2, -0.15) is 0 Å². The Balaban J connectivity index is 0.000000383. The smallest absolute Gasteiger partial charge is 0.335 e. The van der Waals surface area contributed by atoms with Crippen molar-refractivity contribution in [2.75, 3.05) is 13.8 Å². The Morgan fingerprint density at radius 3 is 2.19 bits per heavy atom. The number of phenolic OH excluding ortho intramolecular Hbond substituents is 1. The van der Waals surface area contributed by atoms with Gasteiger partial charge in [-0.3, -0.25) is 0 Å². The number of aliphatic carboxylic acids is 1. The maximum Gasteiger partial charge on any atom is 0.335 e. The third-order valence-electron chi connectivity index (χ3n) is 2.66. The van der Waals surface area contributed by atoms with Gasteiger partial charge >= 0.3 is 5.97 Å². The molecular weight excluding hydrogens is 275 g/mol. The van der Waals surface area contributed by atoms with E-state index in [9.17, 15) is 9.50 Å². The summed E-state index contributed by atoms with van der Waals surface area (Å²) in [6.45, 7) is -1.28. The highest BCUT2D eigenvalue weighted by molar-refractivity contribution is 5.67. The van der Waals surface area contributed by atoms with E-state index in [2.05, 4.69) is 0 Å². The molecule has 0 radical (unpaired) electrons. The summed E-state index contributed by atoms with van der Waals surface area (Å²) in [5.74, 6) is -0.218. The zero-order valence-electron chi connectivity index (χ0n) is 11.6. The van der Waals surface area contributed by atoms with Crippen LogP contribution >= 0.6 is 0 Å². The normalized spacial score (nSPS) is 9.43. The molecule has 0 saturated carbocycles. The van der Waals surface area contributed by atoms with Crippen LogP contribution in [0.5, 0.6) is 11.5 Å². The Bertz CT molecular complexity index is 567. The summed E-state index contributed by atoms with van der Waals surface area (Å²) in [5, 5.41) is 17.0. The van der Waals surface area contributed by atoms with Crippen LogP contribution in [0.2, 0.25) is 0 Å². The second kappa shape index (κ2) is 8.58. The van der Waals surface area contributed by atoms with Crippen molar-refractivity contribution in [3.05, 3.63) is 59.7 Å². The Labute approximate surface area is 122 Å². The van der Waals surface area contributed by atoms with Crippen LogP contribution in [-0.2, 0) is 11.2 Å². The first-order valence-electron chi connectivity index (χ1n) is 6.24. The van der Waals surface area contributed by atoms with Crippen molar-refractivity contribution in [1.82, 2.24) is 0 Å². The number of alkyl halides is 1. The highest BCUT2D eigenvalue weighted by atomic mass is 19.1. The molecule has 2 aromatic rings. The van der Waals surface area contributed by atoms with Gasteiger partial charge in [-0.25, -0.2) is 9.18 Å². The SMILES string of the molecule is COc1ccc(Cc2ccccc2O)cc1.O=C(O)CF. The lowest BCUT2D eigenvalue weighted by Gasteiger charge is -2.05. The third kappa shape index (κ3) is 5.95. The number of phenols is 1. The van der Waals surface area contributed by atoms with E-state index in [-0.39, 0.29) is 0 Å². The summed E-state index contributed by atoms with van der Waals surface area (Å²) >= 11 is 0. The average Bonchev–Trinajstić information content (AvgIpc) is 2.51. The lowest BCUT2D eigenvalue weighted by molar-refractivity contribution is -0.137. The number of methoxy groups -OCH3 is 1. The zero-order valence-corrected chi connectivity index (χ0v) is 11.6. The molecule has 21 heavy (non-hydrogen) atoms. The van der Waals surface area contributed by atoms with Gasteiger partial charge in [0, 0.05) is 6.42 Å². The average molecular weight is 292 g/mol. The van der Waals surface area contributed by atoms with Crippen LogP contribution < -0.4 is 4.74 Å². The number of hydrogen-bond donors (Lipinski definition) is 2.